The fraction of sp³-hybridized carbons (Fsp3) is 0.500. The van der Waals surface area contributed by atoms with Crippen LogP contribution >= 0.6 is 0 Å². The molecule has 4 heteroatoms. The molecular formula is C14H21FN2O. The van der Waals surface area contributed by atoms with Crippen molar-refractivity contribution in [1.82, 2.24) is 0 Å². The van der Waals surface area contributed by atoms with Gasteiger partial charge in [0.05, 0.1) is 5.69 Å². The second-order valence-electron chi connectivity index (χ2n) is 5.23. The number of benzene rings is 1. The average molecular weight is 252 g/mol. The van der Waals surface area contributed by atoms with E-state index in [9.17, 15) is 9.18 Å². The monoisotopic (exact) mass is 252 g/mol. The second kappa shape index (κ2) is 6.50. The maximum atomic E-state index is 13.3. The SMILES string of the molecule is CC(C)(CCN)CCC(=O)Nc1ccccc1F. The Labute approximate surface area is 108 Å². The van der Waals surface area contributed by atoms with Gasteiger partial charge in [0.15, 0.2) is 0 Å². The van der Waals surface area contributed by atoms with E-state index in [1.54, 1.807) is 18.2 Å². The molecule has 0 fully saturated rings. The van der Waals surface area contributed by atoms with Gasteiger partial charge in [-0.05, 0) is 36.9 Å². The Morgan fingerprint density at radius 3 is 2.61 bits per heavy atom. The zero-order valence-electron chi connectivity index (χ0n) is 11.0. The van der Waals surface area contributed by atoms with Crippen LogP contribution in [0.4, 0.5) is 10.1 Å². The normalized spacial score (nSPS) is 11.3. The first kappa shape index (κ1) is 14.6. The number of hydrogen-bond acceptors (Lipinski definition) is 2. The van der Waals surface area contributed by atoms with Gasteiger partial charge < -0.3 is 11.1 Å². The molecule has 0 saturated carbocycles. The smallest absolute Gasteiger partial charge is 0.224 e. The van der Waals surface area contributed by atoms with Crippen molar-refractivity contribution < 1.29 is 9.18 Å². The molecule has 3 nitrogen and oxygen atoms in total. The first-order valence-electron chi connectivity index (χ1n) is 6.19. The van der Waals surface area contributed by atoms with E-state index in [4.69, 9.17) is 5.73 Å². The highest BCUT2D eigenvalue weighted by atomic mass is 19.1. The van der Waals surface area contributed by atoms with Crippen LogP contribution in [0, 0.1) is 11.2 Å². The van der Waals surface area contributed by atoms with E-state index in [0.29, 0.717) is 13.0 Å². The van der Waals surface area contributed by atoms with Gasteiger partial charge in [0.25, 0.3) is 0 Å². The molecule has 0 radical (unpaired) electrons. The molecule has 0 aliphatic heterocycles. The van der Waals surface area contributed by atoms with Crippen LogP contribution in [0.3, 0.4) is 0 Å². The Morgan fingerprint density at radius 2 is 2.00 bits per heavy atom. The Hall–Kier alpha value is -1.42. The van der Waals surface area contributed by atoms with Crippen molar-refractivity contribution in [2.75, 3.05) is 11.9 Å². The van der Waals surface area contributed by atoms with Gasteiger partial charge in [-0.2, -0.15) is 0 Å². The molecule has 18 heavy (non-hydrogen) atoms. The summed E-state index contributed by atoms with van der Waals surface area (Å²) >= 11 is 0. The van der Waals surface area contributed by atoms with Crippen LogP contribution in [-0.4, -0.2) is 12.5 Å². The lowest BCUT2D eigenvalue weighted by molar-refractivity contribution is -0.116. The van der Waals surface area contributed by atoms with Crippen LogP contribution in [0.5, 0.6) is 0 Å². The molecule has 0 unspecified atom stereocenters. The number of amides is 1. The summed E-state index contributed by atoms with van der Waals surface area (Å²) in [5, 5.41) is 2.58. The second-order valence-corrected chi connectivity index (χ2v) is 5.23. The van der Waals surface area contributed by atoms with Gasteiger partial charge >= 0.3 is 0 Å². The van der Waals surface area contributed by atoms with E-state index in [1.165, 1.54) is 6.07 Å². The van der Waals surface area contributed by atoms with Crippen LogP contribution in [-0.2, 0) is 4.79 Å². The zero-order chi connectivity index (χ0) is 13.6. The fourth-order valence-electron chi connectivity index (χ4n) is 1.74. The van der Waals surface area contributed by atoms with E-state index in [0.717, 1.165) is 12.8 Å². The number of para-hydroxylation sites is 1. The van der Waals surface area contributed by atoms with Gasteiger partial charge in [-0.15, -0.1) is 0 Å². The Kier molecular flexibility index (Phi) is 5.28. The molecule has 0 aromatic heterocycles. The molecule has 0 bridgehead atoms. The van der Waals surface area contributed by atoms with Crippen LogP contribution in [0.25, 0.3) is 0 Å². The predicted octanol–water partition coefficient (Wildman–Crippen LogP) is 2.92. The number of nitrogens with one attached hydrogen (secondary N) is 1. The topological polar surface area (TPSA) is 55.1 Å². The van der Waals surface area contributed by atoms with Gasteiger partial charge in [-0.1, -0.05) is 26.0 Å². The van der Waals surface area contributed by atoms with Gasteiger partial charge in [-0.3, -0.25) is 4.79 Å². The maximum Gasteiger partial charge on any atom is 0.224 e. The highest BCUT2D eigenvalue weighted by molar-refractivity contribution is 5.90. The number of anilines is 1. The third-order valence-electron chi connectivity index (χ3n) is 3.00. The largest absolute Gasteiger partial charge is 0.330 e. The summed E-state index contributed by atoms with van der Waals surface area (Å²) in [5.41, 5.74) is 5.79. The van der Waals surface area contributed by atoms with Gasteiger partial charge in [-0.25, -0.2) is 4.39 Å². The Balaban J connectivity index is 2.46. The number of halogens is 1. The lowest BCUT2D eigenvalue weighted by atomic mass is 9.84. The van der Waals surface area contributed by atoms with Crippen molar-refractivity contribution in [1.29, 1.82) is 0 Å². The molecule has 0 aliphatic carbocycles. The van der Waals surface area contributed by atoms with Crippen LogP contribution in [0.2, 0.25) is 0 Å². The van der Waals surface area contributed by atoms with E-state index in [-0.39, 0.29) is 17.0 Å². The molecule has 0 aliphatic rings. The number of carbonyl (C=O) groups excluding carboxylic acids is 1. The summed E-state index contributed by atoms with van der Waals surface area (Å²) in [4.78, 5) is 11.7. The minimum Gasteiger partial charge on any atom is -0.330 e. The van der Waals surface area contributed by atoms with Crippen molar-refractivity contribution in [3.63, 3.8) is 0 Å². The Bertz CT molecular complexity index is 405. The van der Waals surface area contributed by atoms with E-state index in [1.807, 2.05) is 0 Å². The molecule has 1 rings (SSSR count). The van der Waals surface area contributed by atoms with Crippen molar-refractivity contribution in [2.24, 2.45) is 11.1 Å². The van der Waals surface area contributed by atoms with Crippen molar-refractivity contribution in [2.45, 2.75) is 33.1 Å². The van der Waals surface area contributed by atoms with Crippen molar-refractivity contribution in [3.8, 4) is 0 Å². The first-order chi connectivity index (χ1) is 8.44. The molecule has 3 N–H and O–H groups in total. The van der Waals surface area contributed by atoms with Crippen molar-refractivity contribution >= 4 is 11.6 Å². The Morgan fingerprint density at radius 1 is 1.33 bits per heavy atom. The van der Waals surface area contributed by atoms with Gasteiger partial charge in [0.1, 0.15) is 5.82 Å². The quantitative estimate of drug-likeness (QED) is 0.818. The molecule has 0 saturated heterocycles. The summed E-state index contributed by atoms with van der Waals surface area (Å²) in [6.45, 7) is 4.77. The van der Waals surface area contributed by atoms with E-state index >= 15 is 0 Å². The zero-order valence-corrected chi connectivity index (χ0v) is 11.0. The number of rotatable bonds is 6. The van der Waals surface area contributed by atoms with Crippen LogP contribution in [0.1, 0.15) is 33.1 Å². The average Bonchev–Trinajstić information content (AvgIpc) is 2.30. The van der Waals surface area contributed by atoms with E-state index in [2.05, 4.69) is 19.2 Å². The highest BCUT2D eigenvalue weighted by Gasteiger charge is 2.18. The molecule has 1 aromatic carbocycles. The fourth-order valence-corrected chi connectivity index (χ4v) is 1.74. The third kappa shape index (κ3) is 4.84. The molecule has 0 spiro atoms. The molecule has 1 amide bonds. The van der Waals surface area contributed by atoms with E-state index < -0.39 is 5.82 Å². The first-order valence-corrected chi connectivity index (χ1v) is 6.19. The molecule has 1 aromatic rings. The summed E-state index contributed by atoms with van der Waals surface area (Å²) < 4.78 is 13.3. The van der Waals surface area contributed by atoms with Gasteiger partial charge in [0, 0.05) is 6.42 Å². The molecular weight excluding hydrogens is 231 g/mol. The minimum absolute atomic E-state index is 0.0430. The standard InChI is InChI=1S/C14H21FN2O/c1-14(2,9-10-16)8-7-13(18)17-12-6-4-3-5-11(12)15/h3-6H,7-10,16H2,1-2H3,(H,17,18). The summed E-state index contributed by atoms with van der Waals surface area (Å²) in [6.07, 6.45) is 1.99. The van der Waals surface area contributed by atoms with Gasteiger partial charge in [0.2, 0.25) is 5.91 Å². The molecule has 0 heterocycles. The maximum absolute atomic E-state index is 13.3. The number of hydrogen-bond donors (Lipinski definition) is 2. The van der Waals surface area contributed by atoms with Crippen LogP contribution < -0.4 is 11.1 Å². The summed E-state index contributed by atoms with van der Waals surface area (Å²) in [6, 6.07) is 6.17. The lowest BCUT2D eigenvalue weighted by Crippen LogP contribution is -2.20. The summed E-state index contributed by atoms with van der Waals surface area (Å²) in [5.74, 6) is -0.572. The van der Waals surface area contributed by atoms with Crippen LogP contribution in [0.15, 0.2) is 24.3 Å². The molecule has 0 atom stereocenters. The highest BCUT2D eigenvalue weighted by Crippen LogP contribution is 2.26. The number of carbonyl (C=O) groups is 1. The summed E-state index contributed by atoms with van der Waals surface area (Å²) in [7, 11) is 0. The minimum atomic E-state index is -0.410. The third-order valence-corrected chi connectivity index (χ3v) is 3.00. The number of nitrogens with two attached hydrogens (primary N) is 1. The lowest BCUT2D eigenvalue weighted by Gasteiger charge is -2.23. The molecule has 100 valence electrons. The van der Waals surface area contributed by atoms with Crippen molar-refractivity contribution in [3.05, 3.63) is 30.1 Å². The predicted molar refractivity (Wildman–Crippen MR) is 71.7 cm³/mol.